The first-order valence-electron chi connectivity index (χ1n) is 6.35. The van der Waals surface area contributed by atoms with Crippen molar-refractivity contribution in [2.24, 2.45) is 5.73 Å². The number of phenolic OH excluding ortho intramolecular Hbond substituents is 2. The Hall–Kier alpha value is -1.79. The number of hydrogen-bond donors (Lipinski definition) is 4. The van der Waals surface area contributed by atoms with E-state index in [1.165, 1.54) is 6.92 Å². The summed E-state index contributed by atoms with van der Waals surface area (Å²) in [6.45, 7) is 1.57. The van der Waals surface area contributed by atoms with E-state index in [4.69, 9.17) is 9.85 Å². The molecule has 0 aromatic heterocycles. The average molecular weight is 244 g/mol. The average Bonchev–Trinajstić information content (AvgIpc) is 2.42. The summed E-state index contributed by atoms with van der Waals surface area (Å²) in [6.07, 6.45) is -1.82. The normalized spacial score (nSPS) is 16.5. The van der Waals surface area contributed by atoms with Gasteiger partial charge in [0.15, 0.2) is 11.5 Å². The van der Waals surface area contributed by atoms with Crippen molar-refractivity contribution in [1.82, 2.24) is 0 Å². The summed E-state index contributed by atoms with van der Waals surface area (Å²) in [5.74, 6) is -2.85. The molecule has 17 heavy (non-hydrogen) atoms. The highest BCUT2D eigenvalue weighted by molar-refractivity contribution is 5.76. The van der Waals surface area contributed by atoms with Crippen molar-refractivity contribution in [3.8, 4) is 11.5 Å². The Balaban J connectivity index is 3.30. The fourth-order valence-corrected chi connectivity index (χ4v) is 1.10. The number of aliphatic hydroxyl groups excluding tert-OH is 1. The molecular formula is C11H15NO5. The van der Waals surface area contributed by atoms with Gasteiger partial charge in [0.2, 0.25) is 0 Å². The number of benzene rings is 1. The smallest absolute Gasteiger partial charge is 0.325 e. The lowest BCUT2D eigenvalue weighted by Gasteiger charge is -2.17. The Bertz CT molecular complexity index is 508. The largest absolute Gasteiger partial charge is 0.504 e. The van der Waals surface area contributed by atoms with E-state index in [2.05, 4.69) is 4.74 Å². The SMILES string of the molecule is [2H]c1c([2H])c([C@H](O)[C@H](N)C(=O)OCC)c([2H])c(O)c1O. The van der Waals surface area contributed by atoms with Gasteiger partial charge in [-0.15, -0.1) is 0 Å². The number of aromatic hydroxyl groups is 2. The minimum absolute atomic E-state index is 0.0330. The van der Waals surface area contributed by atoms with Crippen molar-refractivity contribution in [2.45, 2.75) is 19.1 Å². The zero-order chi connectivity index (χ0) is 15.6. The summed E-state index contributed by atoms with van der Waals surface area (Å²) in [5, 5.41) is 28.7. The van der Waals surface area contributed by atoms with Gasteiger partial charge in [0.25, 0.3) is 0 Å². The molecule has 0 bridgehead atoms. The molecule has 0 saturated heterocycles. The molecule has 0 spiro atoms. The van der Waals surface area contributed by atoms with Crippen LogP contribution in [-0.2, 0) is 9.53 Å². The van der Waals surface area contributed by atoms with E-state index >= 15 is 0 Å². The van der Waals surface area contributed by atoms with Gasteiger partial charge in [-0.1, -0.05) is 6.04 Å². The minimum Gasteiger partial charge on any atom is -0.504 e. The van der Waals surface area contributed by atoms with Crippen LogP contribution in [0.3, 0.4) is 0 Å². The second-order valence-corrected chi connectivity index (χ2v) is 3.21. The summed E-state index contributed by atoms with van der Waals surface area (Å²) in [4.78, 5) is 11.4. The maximum atomic E-state index is 11.4. The molecule has 1 aromatic carbocycles. The molecule has 5 N–H and O–H groups in total. The Morgan fingerprint density at radius 3 is 2.76 bits per heavy atom. The molecule has 1 aromatic rings. The first-order valence-corrected chi connectivity index (χ1v) is 4.85. The van der Waals surface area contributed by atoms with Gasteiger partial charge in [0, 0.05) is 0 Å². The summed E-state index contributed by atoms with van der Waals surface area (Å²) >= 11 is 0. The van der Waals surface area contributed by atoms with Gasteiger partial charge in [-0.3, -0.25) is 4.79 Å². The number of esters is 1. The van der Waals surface area contributed by atoms with Crippen molar-refractivity contribution in [3.63, 3.8) is 0 Å². The molecule has 0 radical (unpaired) electrons. The van der Waals surface area contributed by atoms with E-state index in [-0.39, 0.29) is 6.61 Å². The fourth-order valence-electron chi connectivity index (χ4n) is 1.10. The molecule has 0 aliphatic carbocycles. The first-order chi connectivity index (χ1) is 9.23. The van der Waals surface area contributed by atoms with E-state index < -0.39 is 53.3 Å². The highest BCUT2D eigenvalue weighted by atomic mass is 16.5. The lowest BCUT2D eigenvalue weighted by molar-refractivity contribution is -0.147. The Morgan fingerprint density at radius 2 is 2.18 bits per heavy atom. The Morgan fingerprint density at radius 1 is 1.53 bits per heavy atom. The maximum absolute atomic E-state index is 11.4. The van der Waals surface area contributed by atoms with Crippen LogP contribution in [0.15, 0.2) is 18.1 Å². The number of nitrogens with two attached hydrogens (primary N) is 1. The van der Waals surface area contributed by atoms with Crippen LogP contribution in [0.4, 0.5) is 0 Å². The van der Waals surface area contributed by atoms with Gasteiger partial charge in [-0.2, -0.15) is 0 Å². The third-order valence-corrected chi connectivity index (χ3v) is 1.99. The van der Waals surface area contributed by atoms with Crippen LogP contribution in [0.5, 0.6) is 11.5 Å². The number of carbonyl (C=O) groups excluding carboxylic acids is 1. The zero-order valence-corrected chi connectivity index (χ0v) is 9.10. The number of phenols is 2. The van der Waals surface area contributed by atoms with Crippen LogP contribution < -0.4 is 5.73 Å². The first kappa shape index (κ1) is 9.26. The minimum atomic E-state index is -1.82. The number of rotatable bonds is 4. The van der Waals surface area contributed by atoms with Crippen LogP contribution in [0.25, 0.3) is 0 Å². The highest BCUT2D eigenvalue weighted by Gasteiger charge is 2.25. The molecule has 0 aliphatic heterocycles. The van der Waals surface area contributed by atoms with Gasteiger partial charge in [-0.25, -0.2) is 0 Å². The van der Waals surface area contributed by atoms with Gasteiger partial charge in [0.1, 0.15) is 12.1 Å². The summed E-state index contributed by atoms with van der Waals surface area (Å²) in [6, 6.07) is -3.82. The van der Waals surface area contributed by atoms with Crippen LogP contribution in [-0.4, -0.2) is 33.9 Å². The predicted octanol–water partition coefficient (Wildman–Crippen LogP) is 0.0216. The molecule has 0 unspecified atom stereocenters. The van der Waals surface area contributed by atoms with Crippen LogP contribution >= 0.6 is 0 Å². The molecule has 0 fully saturated rings. The topological polar surface area (TPSA) is 113 Å². The second-order valence-electron chi connectivity index (χ2n) is 3.21. The van der Waals surface area contributed by atoms with E-state index in [1.807, 2.05) is 0 Å². The lowest BCUT2D eigenvalue weighted by Crippen LogP contribution is -2.38. The fraction of sp³-hybridized carbons (Fsp3) is 0.364. The molecule has 2 atom stereocenters. The van der Waals surface area contributed by atoms with E-state index in [9.17, 15) is 20.1 Å². The number of ether oxygens (including phenoxy) is 1. The number of hydrogen-bond acceptors (Lipinski definition) is 6. The molecule has 6 heteroatoms. The Kier molecular flexibility index (Phi) is 3.00. The monoisotopic (exact) mass is 244 g/mol. The second kappa shape index (κ2) is 5.51. The van der Waals surface area contributed by atoms with Crippen molar-refractivity contribution in [1.29, 1.82) is 0 Å². The van der Waals surface area contributed by atoms with Crippen LogP contribution in [0.1, 0.15) is 22.7 Å². The third kappa shape index (κ3) is 3.08. The van der Waals surface area contributed by atoms with Crippen molar-refractivity contribution >= 4 is 5.97 Å². The van der Waals surface area contributed by atoms with E-state index in [1.54, 1.807) is 0 Å². The van der Waals surface area contributed by atoms with E-state index in [0.29, 0.717) is 0 Å². The molecular weight excluding hydrogens is 226 g/mol. The molecule has 94 valence electrons. The van der Waals surface area contributed by atoms with Gasteiger partial charge < -0.3 is 25.8 Å². The lowest BCUT2D eigenvalue weighted by atomic mass is 10.0. The maximum Gasteiger partial charge on any atom is 0.325 e. The van der Waals surface area contributed by atoms with Gasteiger partial charge in [-0.05, 0) is 24.6 Å². The summed E-state index contributed by atoms with van der Waals surface area (Å²) < 4.78 is 27.2. The molecule has 0 aliphatic rings. The molecule has 1 rings (SSSR count). The third-order valence-electron chi connectivity index (χ3n) is 1.99. The van der Waals surface area contributed by atoms with Crippen LogP contribution in [0, 0.1) is 0 Å². The van der Waals surface area contributed by atoms with E-state index in [0.717, 1.165) is 0 Å². The van der Waals surface area contributed by atoms with Gasteiger partial charge >= 0.3 is 5.97 Å². The molecule has 6 nitrogen and oxygen atoms in total. The summed E-state index contributed by atoms with van der Waals surface area (Å²) in [7, 11) is 0. The zero-order valence-electron chi connectivity index (χ0n) is 12.1. The number of carbonyl (C=O) groups is 1. The number of aliphatic hydroxyl groups is 1. The van der Waals surface area contributed by atoms with Crippen molar-refractivity contribution in [3.05, 3.63) is 23.7 Å². The summed E-state index contributed by atoms with van der Waals surface area (Å²) in [5.41, 5.74) is 4.94. The quantitative estimate of drug-likeness (QED) is 0.438. The Labute approximate surface area is 102 Å². The molecule has 0 heterocycles. The molecule has 0 saturated carbocycles. The predicted molar refractivity (Wildman–Crippen MR) is 59.3 cm³/mol. The highest BCUT2D eigenvalue weighted by Crippen LogP contribution is 2.28. The van der Waals surface area contributed by atoms with Crippen LogP contribution in [0.2, 0.25) is 0 Å². The van der Waals surface area contributed by atoms with Crippen molar-refractivity contribution in [2.75, 3.05) is 6.61 Å². The van der Waals surface area contributed by atoms with Crippen molar-refractivity contribution < 1.29 is 29.0 Å². The van der Waals surface area contributed by atoms with Gasteiger partial charge in [0.05, 0.1) is 10.7 Å². The molecule has 0 amide bonds. The standard InChI is InChI=1S/C11H15NO5/c1-2-17-11(16)9(12)10(15)6-3-4-7(13)8(14)5-6/h3-5,9-10,13-15H,2,12H2,1H3/t9-,10-/m0/s1/i3D,4D,5D.